The van der Waals surface area contributed by atoms with Crippen molar-refractivity contribution in [3.8, 4) is 11.4 Å². The van der Waals surface area contributed by atoms with Crippen molar-refractivity contribution < 1.29 is 0 Å². The highest BCUT2D eigenvalue weighted by atomic mass is 15.2. The molecule has 4 heterocycles. The van der Waals surface area contributed by atoms with Crippen LogP contribution in [0.1, 0.15) is 36.7 Å². The Balaban J connectivity index is 1.46. The molecule has 0 bridgehead atoms. The van der Waals surface area contributed by atoms with Gasteiger partial charge in [-0.3, -0.25) is 4.98 Å². The fourth-order valence-electron chi connectivity index (χ4n) is 3.60. The third-order valence-electron chi connectivity index (χ3n) is 5.56. The average molecular weight is 390 g/mol. The van der Waals surface area contributed by atoms with Crippen LogP contribution in [0.4, 0.5) is 11.6 Å². The van der Waals surface area contributed by atoms with Crippen molar-refractivity contribution in [2.75, 3.05) is 23.3 Å². The number of hydrogen-bond acceptors (Lipinski definition) is 7. The molecule has 0 spiro atoms. The summed E-state index contributed by atoms with van der Waals surface area (Å²) < 4.78 is 0. The number of nitrogens with zero attached hydrogens (tertiary/aromatic N) is 6. The van der Waals surface area contributed by atoms with Crippen LogP contribution in [0, 0.1) is 13.8 Å². The first-order chi connectivity index (χ1) is 14.1. The summed E-state index contributed by atoms with van der Waals surface area (Å²) in [6.07, 6.45) is 8.23. The molecule has 3 aromatic rings. The summed E-state index contributed by atoms with van der Waals surface area (Å²) >= 11 is 0. The van der Waals surface area contributed by atoms with Gasteiger partial charge in [0.25, 0.3) is 0 Å². The van der Waals surface area contributed by atoms with Crippen LogP contribution in [0.3, 0.4) is 0 Å². The zero-order valence-electron chi connectivity index (χ0n) is 17.3. The second kappa shape index (κ2) is 8.51. The molecular formula is C22H27N7. The fourth-order valence-corrected chi connectivity index (χ4v) is 3.60. The quantitative estimate of drug-likeness (QED) is 0.714. The predicted molar refractivity (Wildman–Crippen MR) is 115 cm³/mol. The van der Waals surface area contributed by atoms with Crippen LogP contribution in [0.2, 0.25) is 0 Å². The van der Waals surface area contributed by atoms with E-state index in [1.165, 1.54) is 0 Å². The van der Waals surface area contributed by atoms with Gasteiger partial charge in [0.15, 0.2) is 5.82 Å². The SMILES string of the molecule is CCc1cc(N2CCC(Nc3nc(-c4ccncc4)nc(C)c3C)CC2)ncn1. The van der Waals surface area contributed by atoms with E-state index in [4.69, 9.17) is 4.98 Å². The topological polar surface area (TPSA) is 79.7 Å². The van der Waals surface area contributed by atoms with Gasteiger partial charge >= 0.3 is 0 Å². The largest absolute Gasteiger partial charge is 0.367 e. The Morgan fingerprint density at radius 1 is 1.07 bits per heavy atom. The van der Waals surface area contributed by atoms with E-state index in [2.05, 4.69) is 50.1 Å². The number of aromatic nitrogens is 5. The van der Waals surface area contributed by atoms with E-state index in [1.807, 2.05) is 19.1 Å². The van der Waals surface area contributed by atoms with Crippen molar-refractivity contribution in [2.24, 2.45) is 0 Å². The maximum atomic E-state index is 4.81. The molecule has 4 rings (SSSR count). The Morgan fingerprint density at radius 2 is 1.83 bits per heavy atom. The standard InChI is InChI=1S/C22H27N7/c1-4-18-13-20(25-14-24-18)29-11-7-19(8-12-29)27-21-15(2)16(3)26-22(28-21)17-5-9-23-10-6-17/h5-6,9-10,13-14,19H,4,7-8,11-12H2,1-3H3,(H,26,27,28). The summed E-state index contributed by atoms with van der Waals surface area (Å²) in [6, 6.07) is 6.38. The molecule has 0 unspecified atom stereocenters. The van der Waals surface area contributed by atoms with Crippen molar-refractivity contribution in [3.05, 3.63) is 53.9 Å². The van der Waals surface area contributed by atoms with E-state index in [1.54, 1.807) is 18.7 Å². The molecule has 1 aliphatic rings. The van der Waals surface area contributed by atoms with Gasteiger partial charge in [-0.1, -0.05) is 6.92 Å². The Morgan fingerprint density at radius 3 is 2.55 bits per heavy atom. The third-order valence-corrected chi connectivity index (χ3v) is 5.56. The molecular weight excluding hydrogens is 362 g/mol. The van der Waals surface area contributed by atoms with E-state index < -0.39 is 0 Å². The normalized spacial score (nSPS) is 14.8. The number of anilines is 2. The minimum Gasteiger partial charge on any atom is -0.367 e. The molecule has 1 fully saturated rings. The van der Waals surface area contributed by atoms with Gasteiger partial charge in [-0.25, -0.2) is 19.9 Å². The lowest BCUT2D eigenvalue weighted by Crippen LogP contribution is -2.39. The molecule has 0 atom stereocenters. The van der Waals surface area contributed by atoms with Crippen LogP contribution < -0.4 is 10.2 Å². The molecule has 29 heavy (non-hydrogen) atoms. The molecule has 1 saturated heterocycles. The zero-order chi connectivity index (χ0) is 20.2. The number of nitrogens with one attached hydrogen (secondary N) is 1. The monoisotopic (exact) mass is 389 g/mol. The number of aryl methyl sites for hydroxylation is 2. The van der Waals surface area contributed by atoms with Gasteiger partial charge in [0.2, 0.25) is 0 Å². The Kier molecular flexibility index (Phi) is 5.64. The molecule has 7 heteroatoms. The second-order valence-electron chi connectivity index (χ2n) is 7.47. The highest BCUT2D eigenvalue weighted by molar-refractivity contribution is 5.59. The smallest absolute Gasteiger partial charge is 0.161 e. The van der Waals surface area contributed by atoms with Crippen molar-refractivity contribution in [3.63, 3.8) is 0 Å². The molecule has 1 aliphatic heterocycles. The van der Waals surface area contributed by atoms with Crippen LogP contribution in [0.5, 0.6) is 0 Å². The van der Waals surface area contributed by atoms with Crippen molar-refractivity contribution in [2.45, 2.75) is 46.1 Å². The van der Waals surface area contributed by atoms with E-state index in [9.17, 15) is 0 Å². The van der Waals surface area contributed by atoms with Crippen LogP contribution >= 0.6 is 0 Å². The van der Waals surface area contributed by atoms with Crippen LogP contribution in [-0.4, -0.2) is 44.1 Å². The van der Waals surface area contributed by atoms with Crippen molar-refractivity contribution in [1.82, 2.24) is 24.9 Å². The Hall–Kier alpha value is -3.09. The maximum Gasteiger partial charge on any atom is 0.161 e. The molecule has 1 N–H and O–H groups in total. The second-order valence-corrected chi connectivity index (χ2v) is 7.47. The first-order valence-corrected chi connectivity index (χ1v) is 10.2. The van der Waals surface area contributed by atoms with E-state index in [0.717, 1.165) is 72.3 Å². The fraction of sp³-hybridized carbons (Fsp3) is 0.409. The molecule has 0 aliphatic carbocycles. The highest BCUT2D eigenvalue weighted by Crippen LogP contribution is 2.25. The summed E-state index contributed by atoms with van der Waals surface area (Å²) in [7, 11) is 0. The van der Waals surface area contributed by atoms with Gasteiger partial charge in [0, 0.05) is 60.1 Å². The van der Waals surface area contributed by atoms with Crippen LogP contribution in [-0.2, 0) is 6.42 Å². The third kappa shape index (κ3) is 4.34. The number of rotatable bonds is 5. The highest BCUT2D eigenvalue weighted by Gasteiger charge is 2.22. The van der Waals surface area contributed by atoms with Gasteiger partial charge in [-0.15, -0.1) is 0 Å². The van der Waals surface area contributed by atoms with E-state index in [0.29, 0.717) is 6.04 Å². The minimum atomic E-state index is 0.386. The molecule has 3 aromatic heterocycles. The molecule has 0 saturated carbocycles. The maximum absolute atomic E-state index is 4.81. The van der Waals surface area contributed by atoms with Gasteiger partial charge in [-0.2, -0.15) is 0 Å². The lowest BCUT2D eigenvalue weighted by Gasteiger charge is -2.33. The average Bonchev–Trinajstić information content (AvgIpc) is 2.78. The van der Waals surface area contributed by atoms with Crippen LogP contribution in [0.15, 0.2) is 36.9 Å². The summed E-state index contributed by atoms with van der Waals surface area (Å²) in [6.45, 7) is 8.18. The van der Waals surface area contributed by atoms with E-state index >= 15 is 0 Å². The van der Waals surface area contributed by atoms with Gasteiger partial charge in [0.05, 0.1) is 0 Å². The molecule has 0 radical (unpaired) electrons. The van der Waals surface area contributed by atoms with Crippen LogP contribution in [0.25, 0.3) is 11.4 Å². The van der Waals surface area contributed by atoms with Gasteiger partial charge in [-0.05, 0) is 45.2 Å². The summed E-state index contributed by atoms with van der Waals surface area (Å²) in [4.78, 5) is 24.7. The van der Waals surface area contributed by atoms with E-state index in [-0.39, 0.29) is 0 Å². The number of piperidine rings is 1. The summed E-state index contributed by atoms with van der Waals surface area (Å²) in [5.74, 6) is 2.70. The predicted octanol–water partition coefficient (Wildman–Crippen LogP) is 3.59. The summed E-state index contributed by atoms with van der Waals surface area (Å²) in [5, 5.41) is 3.67. The first-order valence-electron chi connectivity index (χ1n) is 10.2. The van der Waals surface area contributed by atoms with Crippen molar-refractivity contribution >= 4 is 11.6 Å². The minimum absolute atomic E-state index is 0.386. The molecule has 0 amide bonds. The van der Waals surface area contributed by atoms with Gasteiger partial charge in [0.1, 0.15) is 18.0 Å². The summed E-state index contributed by atoms with van der Waals surface area (Å²) in [5.41, 5.74) is 4.18. The van der Waals surface area contributed by atoms with Crippen molar-refractivity contribution in [1.29, 1.82) is 0 Å². The zero-order valence-corrected chi connectivity index (χ0v) is 17.3. The Bertz CT molecular complexity index is 966. The first kappa shape index (κ1) is 19.2. The number of pyridine rings is 1. The molecule has 0 aromatic carbocycles. The lowest BCUT2D eigenvalue weighted by molar-refractivity contribution is 0.521. The molecule has 7 nitrogen and oxygen atoms in total. The molecule has 150 valence electrons. The lowest BCUT2D eigenvalue weighted by atomic mass is 10.0. The Labute approximate surface area is 171 Å². The van der Waals surface area contributed by atoms with Gasteiger partial charge < -0.3 is 10.2 Å². The number of hydrogen-bond donors (Lipinski definition) is 1.